The highest BCUT2D eigenvalue weighted by Gasteiger charge is 2.16. The van der Waals surface area contributed by atoms with Crippen molar-refractivity contribution < 1.29 is 4.79 Å². The summed E-state index contributed by atoms with van der Waals surface area (Å²) in [6.07, 6.45) is 7.74. The van der Waals surface area contributed by atoms with Gasteiger partial charge in [0.2, 0.25) is 0 Å². The van der Waals surface area contributed by atoms with Crippen LogP contribution in [0.1, 0.15) is 49.2 Å². The maximum atomic E-state index is 12.4. The lowest BCUT2D eigenvalue weighted by molar-refractivity contribution is 0.0939. The number of carbonyl (C=O) groups excluding carboxylic acids is 1. The Morgan fingerprint density at radius 1 is 1.14 bits per heavy atom. The first-order valence-electron chi connectivity index (χ1n) is 10.1. The summed E-state index contributed by atoms with van der Waals surface area (Å²) in [4.78, 5) is 19.4. The van der Waals surface area contributed by atoms with Gasteiger partial charge in [0.05, 0.1) is 5.52 Å². The normalized spacial score (nSPS) is 15.2. The van der Waals surface area contributed by atoms with Crippen molar-refractivity contribution in [3.63, 3.8) is 0 Å². The van der Waals surface area contributed by atoms with Crippen molar-refractivity contribution in [1.82, 2.24) is 25.4 Å². The number of pyridine rings is 1. The van der Waals surface area contributed by atoms with E-state index in [0.29, 0.717) is 5.69 Å². The number of H-pyrrole nitrogens is 1. The lowest BCUT2D eigenvalue weighted by Crippen LogP contribution is -2.30. The SMILES string of the molecule is CC(C)NC(=O)c1n[nH]c2ccc(-c3cncc(CN4CCCCC4)c3)cc12. The Morgan fingerprint density at radius 2 is 1.96 bits per heavy atom. The number of carbonyl (C=O) groups is 1. The van der Waals surface area contributed by atoms with E-state index in [2.05, 4.69) is 31.5 Å². The molecule has 1 saturated heterocycles. The van der Waals surface area contributed by atoms with E-state index in [0.717, 1.165) is 28.6 Å². The van der Waals surface area contributed by atoms with E-state index >= 15 is 0 Å². The van der Waals surface area contributed by atoms with Crippen molar-refractivity contribution >= 4 is 16.8 Å². The lowest BCUT2D eigenvalue weighted by Gasteiger charge is -2.26. The second kappa shape index (κ2) is 8.10. The zero-order valence-corrected chi connectivity index (χ0v) is 16.5. The maximum absolute atomic E-state index is 12.4. The Balaban J connectivity index is 1.61. The van der Waals surface area contributed by atoms with Gasteiger partial charge in [-0.3, -0.25) is 19.8 Å². The number of fused-ring (bicyclic) bond motifs is 1. The van der Waals surface area contributed by atoms with Crippen molar-refractivity contribution in [3.8, 4) is 11.1 Å². The topological polar surface area (TPSA) is 73.9 Å². The van der Waals surface area contributed by atoms with Crippen LogP contribution in [0.2, 0.25) is 0 Å². The van der Waals surface area contributed by atoms with E-state index in [9.17, 15) is 4.79 Å². The van der Waals surface area contributed by atoms with Crippen LogP contribution in [0.25, 0.3) is 22.0 Å². The zero-order valence-electron chi connectivity index (χ0n) is 16.5. The summed E-state index contributed by atoms with van der Waals surface area (Å²) in [6, 6.07) is 8.32. The molecule has 1 aliphatic heterocycles. The molecule has 28 heavy (non-hydrogen) atoms. The smallest absolute Gasteiger partial charge is 0.272 e. The highest BCUT2D eigenvalue weighted by molar-refractivity contribution is 6.05. The quantitative estimate of drug-likeness (QED) is 0.710. The standard InChI is InChI=1S/C22H27N5O/c1-15(2)24-22(28)21-19-11-17(6-7-20(19)25-26-21)18-10-16(12-23-13-18)14-27-8-4-3-5-9-27/h6-7,10-13,15H,3-5,8-9,14H2,1-2H3,(H,24,28)(H,25,26). The minimum Gasteiger partial charge on any atom is -0.348 e. The number of rotatable bonds is 5. The molecule has 3 heterocycles. The third kappa shape index (κ3) is 4.07. The Morgan fingerprint density at radius 3 is 2.75 bits per heavy atom. The van der Waals surface area contributed by atoms with Gasteiger partial charge in [-0.05, 0) is 69.1 Å². The van der Waals surface area contributed by atoms with Gasteiger partial charge in [-0.25, -0.2) is 0 Å². The minimum absolute atomic E-state index is 0.0677. The highest BCUT2D eigenvalue weighted by Crippen LogP contribution is 2.26. The lowest BCUT2D eigenvalue weighted by atomic mass is 10.0. The Kier molecular flexibility index (Phi) is 5.39. The van der Waals surface area contributed by atoms with E-state index < -0.39 is 0 Å². The van der Waals surface area contributed by atoms with Gasteiger partial charge in [0.1, 0.15) is 0 Å². The van der Waals surface area contributed by atoms with Crippen LogP contribution in [0.5, 0.6) is 0 Å². The first kappa shape index (κ1) is 18.6. The molecular weight excluding hydrogens is 350 g/mol. The van der Waals surface area contributed by atoms with Gasteiger partial charge in [-0.1, -0.05) is 12.5 Å². The van der Waals surface area contributed by atoms with Crippen LogP contribution in [0.4, 0.5) is 0 Å². The molecule has 6 nitrogen and oxygen atoms in total. The van der Waals surface area contributed by atoms with E-state index in [-0.39, 0.29) is 11.9 Å². The average molecular weight is 377 g/mol. The summed E-state index contributed by atoms with van der Waals surface area (Å²) in [5.41, 5.74) is 4.62. The van der Waals surface area contributed by atoms with Gasteiger partial charge < -0.3 is 5.32 Å². The van der Waals surface area contributed by atoms with E-state index in [1.165, 1.54) is 37.9 Å². The van der Waals surface area contributed by atoms with Crippen LogP contribution >= 0.6 is 0 Å². The molecule has 1 amide bonds. The average Bonchev–Trinajstić information content (AvgIpc) is 3.12. The molecule has 0 spiro atoms. The summed E-state index contributed by atoms with van der Waals surface area (Å²) < 4.78 is 0. The van der Waals surface area contributed by atoms with Crippen molar-refractivity contribution in [1.29, 1.82) is 0 Å². The molecule has 146 valence electrons. The molecular formula is C22H27N5O. The van der Waals surface area contributed by atoms with Crippen LogP contribution in [0.3, 0.4) is 0 Å². The number of amides is 1. The summed E-state index contributed by atoms with van der Waals surface area (Å²) in [6.45, 7) is 7.16. The van der Waals surface area contributed by atoms with Crippen LogP contribution in [0, 0.1) is 0 Å². The molecule has 1 aromatic carbocycles. The first-order chi connectivity index (χ1) is 13.6. The van der Waals surface area contributed by atoms with Crippen molar-refractivity contribution in [2.45, 2.75) is 45.7 Å². The summed E-state index contributed by atoms with van der Waals surface area (Å²) in [7, 11) is 0. The molecule has 0 saturated carbocycles. The van der Waals surface area contributed by atoms with Crippen molar-refractivity contribution in [3.05, 3.63) is 47.9 Å². The van der Waals surface area contributed by atoms with Gasteiger partial charge in [-0.2, -0.15) is 5.10 Å². The number of hydrogen-bond donors (Lipinski definition) is 2. The summed E-state index contributed by atoms with van der Waals surface area (Å²) >= 11 is 0. The van der Waals surface area contributed by atoms with Gasteiger partial charge in [0, 0.05) is 35.9 Å². The fourth-order valence-corrected chi connectivity index (χ4v) is 3.80. The monoisotopic (exact) mass is 377 g/mol. The van der Waals surface area contributed by atoms with Crippen LogP contribution in [-0.4, -0.2) is 45.1 Å². The third-order valence-electron chi connectivity index (χ3n) is 5.18. The van der Waals surface area contributed by atoms with Crippen LogP contribution in [-0.2, 0) is 6.54 Å². The molecule has 0 bridgehead atoms. The van der Waals surface area contributed by atoms with Gasteiger partial charge in [-0.15, -0.1) is 0 Å². The Bertz CT molecular complexity index is 972. The number of aromatic amines is 1. The first-order valence-corrected chi connectivity index (χ1v) is 10.1. The number of piperidine rings is 1. The Labute approximate surface area is 165 Å². The number of likely N-dealkylation sites (tertiary alicyclic amines) is 1. The molecule has 0 unspecified atom stereocenters. The molecule has 6 heteroatoms. The number of nitrogens with zero attached hydrogens (tertiary/aromatic N) is 3. The number of benzene rings is 1. The molecule has 4 rings (SSSR count). The van der Waals surface area contributed by atoms with Crippen LogP contribution < -0.4 is 5.32 Å². The van der Waals surface area contributed by atoms with Crippen molar-refractivity contribution in [2.75, 3.05) is 13.1 Å². The zero-order chi connectivity index (χ0) is 19.5. The van der Waals surface area contributed by atoms with E-state index in [1.54, 1.807) is 0 Å². The van der Waals surface area contributed by atoms with Gasteiger partial charge >= 0.3 is 0 Å². The van der Waals surface area contributed by atoms with Gasteiger partial charge in [0.25, 0.3) is 5.91 Å². The number of nitrogens with one attached hydrogen (secondary N) is 2. The van der Waals surface area contributed by atoms with Crippen LogP contribution in [0.15, 0.2) is 36.7 Å². The minimum atomic E-state index is -0.157. The molecule has 2 N–H and O–H groups in total. The molecule has 1 fully saturated rings. The molecule has 0 atom stereocenters. The second-order valence-electron chi connectivity index (χ2n) is 7.88. The number of hydrogen-bond acceptors (Lipinski definition) is 4. The largest absolute Gasteiger partial charge is 0.348 e. The predicted octanol–water partition coefficient (Wildman–Crippen LogP) is 3.75. The Hall–Kier alpha value is -2.73. The fourth-order valence-electron chi connectivity index (χ4n) is 3.80. The fraction of sp³-hybridized carbons (Fsp3) is 0.409. The second-order valence-corrected chi connectivity index (χ2v) is 7.88. The third-order valence-corrected chi connectivity index (χ3v) is 5.18. The maximum Gasteiger partial charge on any atom is 0.272 e. The summed E-state index contributed by atoms with van der Waals surface area (Å²) in [5, 5.41) is 10.9. The van der Waals surface area contributed by atoms with Gasteiger partial charge in [0.15, 0.2) is 5.69 Å². The molecule has 0 aliphatic carbocycles. The molecule has 3 aromatic rings. The highest BCUT2D eigenvalue weighted by atomic mass is 16.2. The van der Waals surface area contributed by atoms with E-state index in [4.69, 9.17) is 0 Å². The summed E-state index contributed by atoms with van der Waals surface area (Å²) in [5.74, 6) is -0.157. The molecule has 0 radical (unpaired) electrons. The predicted molar refractivity (Wildman–Crippen MR) is 111 cm³/mol. The van der Waals surface area contributed by atoms with Crippen molar-refractivity contribution in [2.24, 2.45) is 0 Å². The molecule has 2 aromatic heterocycles. The van der Waals surface area contributed by atoms with E-state index in [1.807, 2.05) is 44.4 Å². The molecule has 1 aliphatic rings. The number of aromatic nitrogens is 3.